The second-order valence-corrected chi connectivity index (χ2v) is 7.72. The van der Waals surface area contributed by atoms with Crippen LogP contribution in [0.1, 0.15) is 24.1 Å². The number of carbonyl (C=O) groups excluding carboxylic acids is 1. The molecule has 0 aliphatic carbocycles. The summed E-state index contributed by atoms with van der Waals surface area (Å²) >= 11 is 12.4. The first-order valence-electron chi connectivity index (χ1n) is 9.72. The molecule has 3 aromatic carbocycles. The Hall–Kier alpha value is -2.89. The van der Waals surface area contributed by atoms with Gasteiger partial charge in [0.1, 0.15) is 0 Å². The summed E-state index contributed by atoms with van der Waals surface area (Å²) in [6, 6.07) is 20.1. The standard InChI is InChI=1S/C24H24Cl2N2O3/c1-16(18-8-5-4-6-9-18)28(15-17-12-13-21(30-2)22(14-17)31-3)24(29)27-20-11-7-10-19(25)23(20)26/h4-14,16H,15H2,1-3H3,(H,27,29). The fraction of sp³-hybridized carbons (Fsp3) is 0.208. The molecule has 31 heavy (non-hydrogen) atoms. The first-order chi connectivity index (χ1) is 14.9. The first kappa shape index (κ1) is 22.8. The molecule has 0 heterocycles. The molecule has 0 saturated carbocycles. The van der Waals surface area contributed by atoms with Crippen molar-refractivity contribution >= 4 is 34.9 Å². The number of hydrogen-bond acceptors (Lipinski definition) is 3. The highest BCUT2D eigenvalue weighted by molar-refractivity contribution is 6.43. The third kappa shape index (κ3) is 5.43. The molecule has 0 spiro atoms. The number of urea groups is 1. The number of anilines is 1. The van der Waals surface area contributed by atoms with E-state index in [1.165, 1.54) is 0 Å². The van der Waals surface area contributed by atoms with Crippen molar-refractivity contribution in [2.75, 3.05) is 19.5 Å². The molecule has 2 amide bonds. The summed E-state index contributed by atoms with van der Waals surface area (Å²) in [7, 11) is 3.17. The quantitative estimate of drug-likeness (QED) is 0.423. The van der Waals surface area contributed by atoms with Gasteiger partial charge in [0, 0.05) is 6.54 Å². The van der Waals surface area contributed by atoms with Crippen LogP contribution in [0.25, 0.3) is 0 Å². The van der Waals surface area contributed by atoms with Gasteiger partial charge in [-0.15, -0.1) is 0 Å². The van der Waals surface area contributed by atoms with Gasteiger partial charge in [-0.05, 0) is 42.3 Å². The summed E-state index contributed by atoms with van der Waals surface area (Å²) in [5.74, 6) is 1.23. The molecule has 0 aliphatic rings. The molecule has 0 radical (unpaired) electrons. The van der Waals surface area contributed by atoms with Gasteiger partial charge in [0.05, 0.1) is 36.0 Å². The molecule has 7 heteroatoms. The zero-order valence-corrected chi connectivity index (χ0v) is 19.1. The number of amides is 2. The number of carbonyl (C=O) groups is 1. The molecular weight excluding hydrogens is 435 g/mol. The third-order valence-corrected chi connectivity index (χ3v) is 5.82. The van der Waals surface area contributed by atoms with Crippen molar-refractivity contribution in [3.63, 3.8) is 0 Å². The highest BCUT2D eigenvalue weighted by atomic mass is 35.5. The molecule has 1 atom stereocenters. The normalized spacial score (nSPS) is 11.5. The molecule has 3 rings (SSSR count). The topological polar surface area (TPSA) is 50.8 Å². The SMILES string of the molecule is COc1ccc(CN(C(=O)Nc2cccc(Cl)c2Cl)C(C)c2ccccc2)cc1OC. The molecular formula is C24H24Cl2N2O3. The Kier molecular flexibility index (Phi) is 7.66. The molecule has 5 nitrogen and oxygen atoms in total. The Balaban J connectivity index is 1.93. The van der Waals surface area contributed by atoms with Gasteiger partial charge in [0.15, 0.2) is 11.5 Å². The predicted octanol–water partition coefficient (Wildman–Crippen LogP) is 6.81. The highest BCUT2D eigenvalue weighted by Gasteiger charge is 2.23. The fourth-order valence-electron chi connectivity index (χ4n) is 3.26. The van der Waals surface area contributed by atoms with Gasteiger partial charge in [0.2, 0.25) is 0 Å². The number of rotatable bonds is 7. The Morgan fingerprint density at radius 3 is 2.35 bits per heavy atom. The fourth-order valence-corrected chi connectivity index (χ4v) is 3.61. The van der Waals surface area contributed by atoms with Gasteiger partial charge in [-0.1, -0.05) is 65.7 Å². The summed E-state index contributed by atoms with van der Waals surface area (Å²) < 4.78 is 10.7. The number of benzene rings is 3. The Morgan fingerprint density at radius 2 is 1.68 bits per heavy atom. The lowest BCUT2D eigenvalue weighted by atomic mass is 10.1. The Bertz CT molecular complexity index is 1040. The minimum absolute atomic E-state index is 0.202. The number of ether oxygens (including phenoxy) is 2. The van der Waals surface area contributed by atoms with E-state index in [0.29, 0.717) is 33.8 Å². The van der Waals surface area contributed by atoms with Crippen LogP contribution in [0.5, 0.6) is 11.5 Å². The van der Waals surface area contributed by atoms with Crippen molar-refractivity contribution in [2.45, 2.75) is 19.5 Å². The van der Waals surface area contributed by atoms with Gasteiger partial charge in [-0.3, -0.25) is 0 Å². The first-order valence-corrected chi connectivity index (χ1v) is 10.5. The smallest absolute Gasteiger partial charge is 0.322 e. The number of nitrogens with zero attached hydrogens (tertiary/aromatic N) is 1. The van der Waals surface area contributed by atoms with E-state index in [1.54, 1.807) is 37.3 Å². The van der Waals surface area contributed by atoms with E-state index in [1.807, 2.05) is 55.5 Å². The maximum absolute atomic E-state index is 13.3. The predicted molar refractivity (Wildman–Crippen MR) is 125 cm³/mol. The Labute approximate surface area is 192 Å². The second-order valence-electron chi connectivity index (χ2n) is 6.94. The average molecular weight is 459 g/mol. The van der Waals surface area contributed by atoms with Crippen molar-refractivity contribution in [1.29, 1.82) is 0 Å². The van der Waals surface area contributed by atoms with Crippen molar-refractivity contribution in [3.8, 4) is 11.5 Å². The highest BCUT2D eigenvalue weighted by Crippen LogP contribution is 2.32. The molecule has 0 bridgehead atoms. The van der Waals surface area contributed by atoms with Crippen LogP contribution in [0, 0.1) is 0 Å². The van der Waals surface area contributed by atoms with E-state index < -0.39 is 0 Å². The number of hydrogen-bond donors (Lipinski definition) is 1. The summed E-state index contributed by atoms with van der Waals surface area (Å²) in [5.41, 5.74) is 2.36. The van der Waals surface area contributed by atoms with Gasteiger partial charge < -0.3 is 19.7 Å². The molecule has 162 valence electrons. The molecule has 0 fully saturated rings. The van der Waals surface area contributed by atoms with Crippen LogP contribution in [-0.2, 0) is 6.54 Å². The van der Waals surface area contributed by atoms with Crippen LogP contribution in [0.15, 0.2) is 66.7 Å². The zero-order chi connectivity index (χ0) is 22.4. The summed E-state index contributed by atoms with van der Waals surface area (Å²) in [5, 5.41) is 3.57. The van der Waals surface area contributed by atoms with E-state index in [0.717, 1.165) is 11.1 Å². The van der Waals surface area contributed by atoms with Gasteiger partial charge in [-0.25, -0.2) is 4.79 Å². The van der Waals surface area contributed by atoms with E-state index >= 15 is 0 Å². The van der Waals surface area contributed by atoms with Gasteiger partial charge >= 0.3 is 6.03 Å². The van der Waals surface area contributed by atoms with Crippen LogP contribution in [0.4, 0.5) is 10.5 Å². The maximum atomic E-state index is 13.3. The molecule has 1 N–H and O–H groups in total. The van der Waals surface area contributed by atoms with Crippen molar-refractivity contribution in [1.82, 2.24) is 4.90 Å². The van der Waals surface area contributed by atoms with Crippen molar-refractivity contribution < 1.29 is 14.3 Å². The van der Waals surface area contributed by atoms with Crippen LogP contribution in [0.2, 0.25) is 10.0 Å². The summed E-state index contributed by atoms with van der Waals surface area (Å²) in [6.07, 6.45) is 0. The zero-order valence-electron chi connectivity index (χ0n) is 17.6. The van der Waals surface area contributed by atoms with E-state index in [9.17, 15) is 4.79 Å². The number of halogens is 2. The average Bonchev–Trinajstić information content (AvgIpc) is 2.80. The van der Waals surface area contributed by atoms with Crippen LogP contribution >= 0.6 is 23.2 Å². The van der Waals surface area contributed by atoms with Crippen LogP contribution in [-0.4, -0.2) is 25.2 Å². The number of methoxy groups -OCH3 is 2. The molecule has 1 unspecified atom stereocenters. The van der Waals surface area contributed by atoms with Crippen molar-refractivity contribution in [3.05, 3.63) is 87.9 Å². The largest absolute Gasteiger partial charge is 0.493 e. The molecule has 0 saturated heterocycles. The lowest BCUT2D eigenvalue weighted by Crippen LogP contribution is -2.36. The van der Waals surface area contributed by atoms with Crippen LogP contribution in [0.3, 0.4) is 0 Å². The van der Waals surface area contributed by atoms with E-state index in [2.05, 4.69) is 5.32 Å². The minimum Gasteiger partial charge on any atom is -0.493 e. The van der Waals surface area contributed by atoms with Crippen LogP contribution < -0.4 is 14.8 Å². The maximum Gasteiger partial charge on any atom is 0.322 e. The minimum atomic E-state index is -0.296. The summed E-state index contributed by atoms with van der Waals surface area (Å²) in [6.45, 7) is 2.33. The van der Waals surface area contributed by atoms with E-state index in [4.69, 9.17) is 32.7 Å². The lowest BCUT2D eigenvalue weighted by molar-refractivity contribution is 0.189. The Morgan fingerprint density at radius 1 is 0.968 bits per heavy atom. The lowest BCUT2D eigenvalue weighted by Gasteiger charge is -2.30. The van der Waals surface area contributed by atoms with E-state index in [-0.39, 0.29) is 12.1 Å². The summed E-state index contributed by atoms with van der Waals surface area (Å²) in [4.78, 5) is 15.1. The molecule has 3 aromatic rings. The molecule has 0 aromatic heterocycles. The number of nitrogens with one attached hydrogen (secondary N) is 1. The molecule has 0 aliphatic heterocycles. The van der Waals surface area contributed by atoms with Gasteiger partial charge in [-0.2, -0.15) is 0 Å². The third-order valence-electron chi connectivity index (χ3n) is 5.00. The van der Waals surface area contributed by atoms with Gasteiger partial charge in [0.25, 0.3) is 0 Å². The monoisotopic (exact) mass is 458 g/mol. The second kappa shape index (κ2) is 10.4. The van der Waals surface area contributed by atoms with Crippen molar-refractivity contribution in [2.24, 2.45) is 0 Å².